The minimum Gasteiger partial charge on any atom is -0.383 e. The Hall–Kier alpha value is -1.67. The zero-order valence-corrected chi connectivity index (χ0v) is 11.8. The molecule has 1 rings (SSSR count). The van der Waals surface area contributed by atoms with E-state index < -0.39 is 10.0 Å². The third-order valence-electron chi connectivity index (χ3n) is 2.21. The predicted molar refractivity (Wildman–Crippen MR) is 73.6 cm³/mol. The number of anilines is 1. The van der Waals surface area contributed by atoms with Gasteiger partial charge < -0.3 is 10.6 Å². The zero-order chi connectivity index (χ0) is 14.3. The van der Waals surface area contributed by atoms with Crippen LogP contribution in [0, 0.1) is 0 Å². The third kappa shape index (κ3) is 5.66. The minimum atomic E-state index is -3.23. The summed E-state index contributed by atoms with van der Waals surface area (Å²) in [5, 5.41) is 5.67. The van der Waals surface area contributed by atoms with E-state index in [4.69, 9.17) is 0 Å². The summed E-state index contributed by atoms with van der Waals surface area (Å²) in [7, 11) is -3.23. The van der Waals surface area contributed by atoms with Crippen LogP contribution in [-0.2, 0) is 10.0 Å². The molecule has 0 atom stereocenters. The molecule has 3 N–H and O–H groups in total. The normalized spacial score (nSPS) is 11.1. The van der Waals surface area contributed by atoms with Crippen LogP contribution in [0.2, 0.25) is 0 Å². The van der Waals surface area contributed by atoms with E-state index in [2.05, 4.69) is 20.3 Å². The average molecular weight is 286 g/mol. The van der Waals surface area contributed by atoms with Crippen molar-refractivity contribution < 1.29 is 13.2 Å². The fraction of sp³-hybridized carbons (Fsp3) is 0.455. The van der Waals surface area contributed by atoms with Crippen molar-refractivity contribution in [2.24, 2.45) is 0 Å². The summed E-state index contributed by atoms with van der Waals surface area (Å²) in [6.07, 6.45) is 4.18. The quantitative estimate of drug-likeness (QED) is 0.602. The van der Waals surface area contributed by atoms with E-state index in [9.17, 15) is 13.2 Å². The molecule has 0 aliphatic heterocycles. The maximum Gasteiger partial charge on any atom is 0.253 e. The average Bonchev–Trinajstić information content (AvgIpc) is 2.34. The van der Waals surface area contributed by atoms with Gasteiger partial charge in [-0.3, -0.25) is 9.78 Å². The number of rotatable bonds is 7. The van der Waals surface area contributed by atoms with Gasteiger partial charge in [-0.05, 0) is 13.0 Å². The SMILES string of the molecule is CCNc1cnccc1C(=O)NCCNS(C)(=O)=O. The lowest BCUT2D eigenvalue weighted by Crippen LogP contribution is -2.34. The molecule has 0 unspecified atom stereocenters. The van der Waals surface area contributed by atoms with Gasteiger partial charge in [-0.15, -0.1) is 0 Å². The van der Waals surface area contributed by atoms with E-state index in [0.717, 1.165) is 6.26 Å². The molecule has 0 saturated heterocycles. The summed E-state index contributed by atoms with van der Waals surface area (Å²) in [6.45, 7) is 2.98. The van der Waals surface area contributed by atoms with Gasteiger partial charge in [0.25, 0.3) is 5.91 Å². The third-order valence-corrected chi connectivity index (χ3v) is 2.94. The van der Waals surface area contributed by atoms with Crippen LogP contribution < -0.4 is 15.4 Å². The highest BCUT2D eigenvalue weighted by molar-refractivity contribution is 7.88. The van der Waals surface area contributed by atoms with E-state index in [-0.39, 0.29) is 19.0 Å². The summed E-state index contributed by atoms with van der Waals surface area (Å²) in [5.74, 6) is -0.270. The Kier molecular flexibility index (Phi) is 5.71. The number of nitrogens with zero attached hydrogens (tertiary/aromatic N) is 1. The van der Waals surface area contributed by atoms with Crippen LogP contribution in [0.15, 0.2) is 18.5 Å². The van der Waals surface area contributed by atoms with E-state index in [1.165, 1.54) is 6.20 Å². The van der Waals surface area contributed by atoms with E-state index in [0.29, 0.717) is 17.8 Å². The number of carbonyl (C=O) groups excluding carboxylic acids is 1. The molecule has 0 saturated carbocycles. The number of sulfonamides is 1. The maximum absolute atomic E-state index is 11.9. The van der Waals surface area contributed by atoms with Gasteiger partial charge in [0.2, 0.25) is 10.0 Å². The van der Waals surface area contributed by atoms with Gasteiger partial charge in [0.15, 0.2) is 0 Å². The van der Waals surface area contributed by atoms with Gasteiger partial charge in [-0.2, -0.15) is 0 Å². The van der Waals surface area contributed by atoms with Crippen LogP contribution in [0.25, 0.3) is 0 Å². The number of hydrogen-bond donors (Lipinski definition) is 3. The molecular weight excluding hydrogens is 268 g/mol. The lowest BCUT2D eigenvalue weighted by molar-refractivity contribution is 0.0955. The van der Waals surface area contributed by atoms with Crippen molar-refractivity contribution in [3.8, 4) is 0 Å². The number of aromatic nitrogens is 1. The molecule has 0 aliphatic rings. The Morgan fingerprint density at radius 1 is 1.37 bits per heavy atom. The van der Waals surface area contributed by atoms with Gasteiger partial charge in [0, 0.05) is 25.8 Å². The molecule has 1 aromatic rings. The second kappa shape index (κ2) is 7.05. The number of pyridine rings is 1. The molecule has 0 radical (unpaired) electrons. The standard InChI is InChI=1S/C11H18N4O3S/c1-3-13-10-8-12-5-4-9(10)11(16)14-6-7-15-19(2,17)18/h4-5,8,13,15H,3,6-7H2,1-2H3,(H,14,16). The Labute approximate surface area is 112 Å². The van der Waals surface area contributed by atoms with E-state index >= 15 is 0 Å². The van der Waals surface area contributed by atoms with Gasteiger partial charge >= 0.3 is 0 Å². The molecule has 1 heterocycles. The van der Waals surface area contributed by atoms with Crippen molar-refractivity contribution in [1.82, 2.24) is 15.0 Å². The molecule has 1 aromatic heterocycles. The Morgan fingerprint density at radius 3 is 2.74 bits per heavy atom. The summed E-state index contributed by atoms with van der Waals surface area (Å²) >= 11 is 0. The summed E-state index contributed by atoms with van der Waals surface area (Å²) in [6, 6.07) is 1.61. The molecule has 106 valence electrons. The highest BCUT2D eigenvalue weighted by Crippen LogP contribution is 2.12. The first kappa shape index (κ1) is 15.4. The number of carbonyl (C=O) groups is 1. The lowest BCUT2D eigenvalue weighted by Gasteiger charge is -2.10. The van der Waals surface area contributed by atoms with Crippen LogP contribution in [0.4, 0.5) is 5.69 Å². The van der Waals surface area contributed by atoms with E-state index in [1.54, 1.807) is 12.3 Å². The molecule has 0 bridgehead atoms. The first-order chi connectivity index (χ1) is 8.94. The lowest BCUT2D eigenvalue weighted by atomic mass is 10.2. The number of amides is 1. The largest absolute Gasteiger partial charge is 0.383 e. The molecule has 1 amide bonds. The molecular formula is C11H18N4O3S. The highest BCUT2D eigenvalue weighted by atomic mass is 32.2. The fourth-order valence-electron chi connectivity index (χ4n) is 1.43. The van der Waals surface area contributed by atoms with Crippen molar-refractivity contribution in [2.45, 2.75) is 6.92 Å². The van der Waals surface area contributed by atoms with Gasteiger partial charge in [0.1, 0.15) is 0 Å². The molecule has 19 heavy (non-hydrogen) atoms. The smallest absolute Gasteiger partial charge is 0.253 e. The van der Waals surface area contributed by atoms with Gasteiger partial charge in [0.05, 0.1) is 23.7 Å². The van der Waals surface area contributed by atoms with Crippen LogP contribution in [-0.4, -0.2) is 45.2 Å². The second-order valence-corrected chi connectivity index (χ2v) is 5.71. The number of nitrogens with one attached hydrogen (secondary N) is 3. The summed E-state index contributed by atoms with van der Waals surface area (Å²) < 4.78 is 24.0. The van der Waals surface area contributed by atoms with Crippen LogP contribution in [0.3, 0.4) is 0 Å². The summed E-state index contributed by atoms with van der Waals surface area (Å²) in [4.78, 5) is 15.8. The first-order valence-corrected chi connectivity index (χ1v) is 7.74. The molecule has 7 nitrogen and oxygen atoms in total. The Bertz CT molecular complexity index is 530. The van der Waals surface area contributed by atoms with Crippen LogP contribution in [0.5, 0.6) is 0 Å². The van der Waals surface area contributed by atoms with Crippen LogP contribution >= 0.6 is 0 Å². The minimum absolute atomic E-state index is 0.159. The molecule has 0 aliphatic carbocycles. The molecule has 0 aromatic carbocycles. The van der Waals surface area contributed by atoms with Crippen molar-refractivity contribution in [1.29, 1.82) is 0 Å². The topological polar surface area (TPSA) is 100 Å². The monoisotopic (exact) mass is 286 g/mol. The Morgan fingerprint density at radius 2 is 2.11 bits per heavy atom. The zero-order valence-electron chi connectivity index (χ0n) is 10.9. The first-order valence-electron chi connectivity index (χ1n) is 5.84. The second-order valence-electron chi connectivity index (χ2n) is 3.87. The molecule has 0 fully saturated rings. The number of hydrogen-bond acceptors (Lipinski definition) is 5. The maximum atomic E-state index is 11.9. The summed E-state index contributed by atoms with van der Waals surface area (Å²) in [5.41, 5.74) is 1.13. The highest BCUT2D eigenvalue weighted by Gasteiger charge is 2.10. The van der Waals surface area contributed by atoms with Crippen molar-refractivity contribution in [3.63, 3.8) is 0 Å². The van der Waals surface area contributed by atoms with E-state index in [1.807, 2.05) is 6.92 Å². The van der Waals surface area contributed by atoms with Gasteiger partial charge in [-0.1, -0.05) is 0 Å². The van der Waals surface area contributed by atoms with Crippen LogP contribution in [0.1, 0.15) is 17.3 Å². The predicted octanol–water partition coefficient (Wildman–Crippen LogP) is -0.208. The fourth-order valence-corrected chi connectivity index (χ4v) is 1.90. The van der Waals surface area contributed by atoms with Crippen molar-refractivity contribution >= 4 is 21.6 Å². The van der Waals surface area contributed by atoms with Crippen molar-refractivity contribution in [2.75, 3.05) is 31.2 Å². The molecule has 8 heteroatoms. The molecule has 0 spiro atoms. The Balaban J connectivity index is 2.54. The van der Waals surface area contributed by atoms with Gasteiger partial charge in [-0.25, -0.2) is 13.1 Å². The van der Waals surface area contributed by atoms with Crippen molar-refractivity contribution in [3.05, 3.63) is 24.0 Å².